The third kappa shape index (κ3) is 6.21. The van der Waals surface area contributed by atoms with Gasteiger partial charge < -0.3 is 10.1 Å². The van der Waals surface area contributed by atoms with Crippen LogP contribution in [0.2, 0.25) is 0 Å². The van der Waals surface area contributed by atoms with Crippen LogP contribution in [0.5, 0.6) is 0 Å². The number of amides is 1. The average molecular weight is 471 g/mol. The molecule has 0 spiro atoms. The van der Waals surface area contributed by atoms with E-state index < -0.39 is 22.1 Å². The van der Waals surface area contributed by atoms with Crippen LogP contribution in [0.15, 0.2) is 59.5 Å². The molecule has 33 heavy (non-hydrogen) atoms. The van der Waals surface area contributed by atoms with Crippen molar-refractivity contribution >= 4 is 21.9 Å². The van der Waals surface area contributed by atoms with Crippen LogP contribution in [-0.2, 0) is 30.8 Å². The predicted octanol–water partition coefficient (Wildman–Crippen LogP) is 3.36. The average Bonchev–Trinajstić information content (AvgIpc) is 3.66. The molecule has 1 amide bonds. The van der Waals surface area contributed by atoms with E-state index in [9.17, 15) is 18.0 Å². The van der Waals surface area contributed by atoms with E-state index in [1.54, 1.807) is 52.8 Å². The zero-order valence-electron chi connectivity index (χ0n) is 18.6. The summed E-state index contributed by atoms with van der Waals surface area (Å²) in [5.74, 6) is -0.774. The molecule has 1 aliphatic carbocycles. The van der Waals surface area contributed by atoms with Gasteiger partial charge in [0.2, 0.25) is 16.1 Å². The Kier molecular flexibility index (Phi) is 7.45. The van der Waals surface area contributed by atoms with Gasteiger partial charge in [-0.25, -0.2) is 8.42 Å². The highest BCUT2D eigenvalue weighted by molar-refractivity contribution is 7.89. The number of ether oxygens (including phenoxy) is 1. The number of hydrogen-bond acceptors (Lipinski definition) is 5. The van der Waals surface area contributed by atoms with Gasteiger partial charge in [0, 0.05) is 31.1 Å². The van der Waals surface area contributed by atoms with Gasteiger partial charge in [0.15, 0.2) is 0 Å². The molecule has 7 nitrogen and oxygen atoms in total. The Bertz CT molecular complexity index is 1060. The molecule has 1 unspecified atom stereocenters. The molecule has 2 aromatic carbocycles. The third-order valence-electron chi connectivity index (χ3n) is 6.01. The third-order valence-corrected chi connectivity index (χ3v) is 7.92. The molecule has 1 atom stereocenters. The lowest BCUT2D eigenvalue weighted by Gasteiger charge is -2.25. The summed E-state index contributed by atoms with van der Waals surface area (Å²) in [5, 5.41) is 2.90. The largest absolute Gasteiger partial charge is 0.447 e. The Balaban J connectivity index is 1.34. The molecule has 2 aliphatic rings. The number of nitrogens with zero attached hydrogens (tertiary/aromatic N) is 1. The van der Waals surface area contributed by atoms with Crippen molar-refractivity contribution in [3.05, 3.63) is 65.7 Å². The molecule has 1 saturated heterocycles. The molecule has 8 heteroatoms. The molecule has 1 N–H and O–H groups in total. The van der Waals surface area contributed by atoms with E-state index in [0.717, 1.165) is 37.7 Å². The van der Waals surface area contributed by atoms with Crippen LogP contribution in [0, 0.1) is 0 Å². The number of esters is 1. The summed E-state index contributed by atoms with van der Waals surface area (Å²) in [4.78, 5) is 25.4. The van der Waals surface area contributed by atoms with E-state index in [1.165, 1.54) is 0 Å². The van der Waals surface area contributed by atoms with Gasteiger partial charge >= 0.3 is 5.97 Å². The zero-order chi connectivity index (χ0) is 23.3. The summed E-state index contributed by atoms with van der Waals surface area (Å²) in [6.07, 6.45) is 4.26. The molecule has 1 aliphatic heterocycles. The molecular weight excluding hydrogens is 440 g/mol. The van der Waals surface area contributed by atoms with Gasteiger partial charge in [-0.3, -0.25) is 9.59 Å². The van der Waals surface area contributed by atoms with Crippen molar-refractivity contribution in [2.45, 2.75) is 62.0 Å². The second kappa shape index (κ2) is 10.5. The smallest absolute Gasteiger partial charge is 0.307 e. The molecule has 1 saturated carbocycles. The fraction of sp³-hybridized carbons (Fsp3) is 0.440. The molecular formula is C25H30N2O5S. The van der Waals surface area contributed by atoms with Crippen molar-refractivity contribution < 1.29 is 22.7 Å². The summed E-state index contributed by atoms with van der Waals surface area (Å²) in [7, 11) is -3.47. The highest BCUT2D eigenvalue weighted by Gasteiger charge is 2.31. The number of carbonyl (C=O) groups is 2. The Morgan fingerprint density at radius 2 is 1.64 bits per heavy atom. The number of nitrogens with one attached hydrogen (secondary N) is 1. The topological polar surface area (TPSA) is 92.8 Å². The van der Waals surface area contributed by atoms with Gasteiger partial charge in [-0.2, -0.15) is 4.31 Å². The summed E-state index contributed by atoms with van der Waals surface area (Å²) in [6.45, 7) is 1.12. The summed E-state index contributed by atoms with van der Waals surface area (Å²) in [5.41, 5.74) is 1.47. The summed E-state index contributed by atoms with van der Waals surface area (Å²) < 4.78 is 32.7. The lowest BCUT2D eigenvalue weighted by atomic mass is 10.1. The van der Waals surface area contributed by atoms with Crippen molar-refractivity contribution in [3.63, 3.8) is 0 Å². The Morgan fingerprint density at radius 1 is 0.970 bits per heavy atom. The number of benzene rings is 2. The predicted molar refractivity (Wildman–Crippen MR) is 124 cm³/mol. The van der Waals surface area contributed by atoms with Crippen LogP contribution in [0.1, 0.15) is 55.8 Å². The highest BCUT2D eigenvalue weighted by Crippen LogP contribution is 2.24. The van der Waals surface area contributed by atoms with Crippen molar-refractivity contribution in [3.8, 4) is 0 Å². The first kappa shape index (κ1) is 23.4. The van der Waals surface area contributed by atoms with Crippen LogP contribution < -0.4 is 5.32 Å². The SMILES string of the molecule is O=C(CCc1ccc(S(=O)(=O)N2CCCCC2)cc1)OC(C(=O)NC1CC1)c1ccccc1. The van der Waals surface area contributed by atoms with E-state index in [1.807, 2.05) is 6.07 Å². The summed E-state index contributed by atoms with van der Waals surface area (Å²) in [6, 6.07) is 15.8. The number of aryl methyl sites for hydroxylation is 1. The number of piperidine rings is 1. The van der Waals surface area contributed by atoms with Crippen molar-refractivity contribution in [2.75, 3.05) is 13.1 Å². The lowest BCUT2D eigenvalue weighted by molar-refractivity contribution is -0.156. The number of sulfonamides is 1. The Labute approximate surface area is 195 Å². The Morgan fingerprint density at radius 3 is 2.27 bits per heavy atom. The van der Waals surface area contributed by atoms with E-state index in [0.29, 0.717) is 25.1 Å². The van der Waals surface area contributed by atoms with Crippen molar-refractivity contribution in [2.24, 2.45) is 0 Å². The quantitative estimate of drug-likeness (QED) is 0.568. The monoisotopic (exact) mass is 470 g/mol. The maximum Gasteiger partial charge on any atom is 0.307 e. The molecule has 2 aromatic rings. The maximum atomic E-state index is 12.8. The summed E-state index contributed by atoms with van der Waals surface area (Å²) >= 11 is 0. The number of hydrogen-bond donors (Lipinski definition) is 1. The standard InChI is InChI=1S/C25H30N2O5S/c28-23(32-24(20-7-3-1-4-8-20)25(29)26-21-12-13-21)16-11-19-9-14-22(15-10-19)33(30,31)27-17-5-2-6-18-27/h1,3-4,7-10,14-15,21,24H,2,5-6,11-13,16-18H2,(H,26,29). The van der Waals surface area contributed by atoms with Gasteiger partial charge in [-0.05, 0) is 49.8 Å². The van der Waals surface area contributed by atoms with Gasteiger partial charge in [-0.15, -0.1) is 0 Å². The molecule has 1 heterocycles. The normalized spacial score (nSPS) is 17.8. The van der Waals surface area contributed by atoms with Gasteiger partial charge in [0.05, 0.1) is 4.90 Å². The second-order valence-electron chi connectivity index (χ2n) is 8.67. The van der Waals surface area contributed by atoms with Crippen LogP contribution in [0.4, 0.5) is 0 Å². The minimum atomic E-state index is -3.47. The second-order valence-corrected chi connectivity index (χ2v) is 10.6. The number of carbonyl (C=O) groups excluding carboxylic acids is 2. The molecule has 0 bridgehead atoms. The van der Waals surface area contributed by atoms with Crippen LogP contribution in [0.25, 0.3) is 0 Å². The van der Waals surface area contributed by atoms with Crippen molar-refractivity contribution in [1.29, 1.82) is 0 Å². The van der Waals surface area contributed by atoms with E-state index >= 15 is 0 Å². The van der Waals surface area contributed by atoms with E-state index in [-0.39, 0.29) is 23.3 Å². The minimum Gasteiger partial charge on any atom is -0.447 e. The minimum absolute atomic E-state index is 0.0955. The van der Waals surface area contributed by atoms with Gasteiger partial charge in [0.25, 0.3) is 5.91 Å². The van der Waals surface area contributed by atoms with E-state index in [2.05, 4.69) is 5.32 Å². The molecule has 176 valence electrons. The maximum absolute atomic E-state index is 12.8. The zero-order valence-corrected chi connectivity index (χ0v) is 19.4. The molecule has 4 rings (SSSR count). The molecule has 0 aromatic heterocycles. The van der Waals surface area contributed by atoms with Gasteiger partial charge in [-0.1, -0.05) is 48.9 Å². The molecule has 2 fully saturated rings. The fourth-order valence-corrected chi connectivity index (χ4v) is 5.44. The molecule has 0 radical (unpaired) electrons. The highest BCUT2D eigenvalue weighted by atomic mass is 32.2. The lowest BCUT2D eigenvalue weighted by Crippen LogP contribution is -2.35. The first-order valence-electron chi connectivity index (χ1n) is 11.6. The fourth-order valence-electron chi connectivity index (χ4n) is 3.92. The van der Waals surface area contributed by atoms with Gasteiger partial charge in [0.1, 0.15) is 0 Å². The first-order chi connectivity index (χ1) is 15.9. The van der Waals surface area contributed by atoms with Crippen LogP contribution in [-0.4, -0.2) is 43.7 Å². The number of rotatable bonds is 9. The van der Waals surface area contributed by atoms with Crippen LogP contribution >= 0.6 is 0 Å². The van der Waals surface area contributed by atoms with Crippen molar-refractivity contribution in [1.82, 2.24) is 9.62 Å². The Hall–Kier alpha value is -2.71. The van der Waals surface area contributed by atoms with Crippen LogP contribution in [0.3, 0.4) is 0 Å². The van der Waals surface area contributed by atoms with E-state index in [4.69, 9.17) is 4.74 Å². The first-order valence-corrected chi connectivity index (χ1v) is 13.0.